The van der Waals surface area contributed by atoms with Gasteiger partial charge in [-0.15, -0.1) is 22.7 Å². The molecule has 0 radical (unpaired) electrons. The second-order valence-electron chi connectivity index (χ2n) is 7.21. The number of fused-ring (bicyclic) bond motifs is 1. The minimum Gasteiger partial charge on any atom is -0.475 e. The lowest BCUT2D eigenvalue weighted by Gasteiger charge is -2.32. The Morgan fingerprint density at radius 2 is 1.75 bits per heavy atom. The molecule has 1 aliphatic rings. The van der Waals surface area contributed by atoms with E-state index in [-0.39, 0.29) is 5.91 Å². The van der Waals surface area contributed by atoms with E-state index in [1.54, 1.807) is 11.3 Å². The maximum Gasteiger partial charge on any atom is 0.490 e. The van der Waals surface area contributed by atoms with Crippen molar-refractivity contribution in [3.63, 3.8) is 0 Å². The van der Waals surface area contributed by atoms with Crippen molar-refractivity contribution in [1.82, 2.24) is 4.90 Å². The molecule has 0 saturated carbocycles. The van der Waals surface area contributed by atoms with E-state index in [0.29, 0.717) is 12.5 Å². The highest BCUT2D eigenvalue weighted by Crippen LogP contribution is 2.37. The molecule has 0 spiro atoms. The number of carbonyl (C=O) groups excluding carboxylic acids is 1. The van der Waals surface area contributed by atoms with Crippen molar-refractivity contribution < 1.29 is 27.9 Å². The number of aliphatic carboxylic acids is 1. The van der Waals surface area contributed by atoms with Gasteiger partial charge < -0.3 is 15.7 Å². The molecular formula is C21H20ClF3N2O3S2. The zero-order valence-electron chi connectivity index (χ0n) is 16.7. The number of piperidine rings is 1. The highest BCUT2D eigenvalue weighted by Gasteiger charge is 2.38. The number of hydrogen-bond acceptors (Lipinski definition) is 5. The Labute approximate surface area is 195 Å². The molecule has 3 N–H and O–H groups in total. The number of hydrogen-bond donors (Lipinski definition) is 2. The van der Waals surface area contributed by atoms with Crippen molar-refractivity contribution >= 4 is 55.6 Å². The van der Waals surface area contributed by atoms with Gasteiger partial charge in [0.15, 0.2) is 0 Å². The summed E-state index contributed by atoms with van der Waals surface area (Å²) >= 11 is 9.10. The topological polar surface area (TPSA) is 83.6 Å². The van der Waals surface area contributed by atoms with E-state index < -0.39 is 12.1 Å². The molecule has 5 nitrogen and oxygen atoms in total. The predicted octanol–water partition coefficient (Wildman–Crippen LogP) is 5.73. The molecule has 0 bridgehead atoms. The second kappa shape index (κ2) is 10.2. The summed E-state index contributed by atoms with van der Waals surface area (Å²) in [5, 5.41) is 7.12. The monoisotopic (exact) mass is 504 g/mol. The van der Waals surface area contributed by atoms with Crippen molar-refractivity contribution in [3.8, 4) is 0 Å². The second-order valence-corrected chi connectivity index (χ2v) is 10.0. The molecule has 1 amide bonds. The van der Waals surface area contributed by atoms with Crippen LogP contribution >= 0.6 is 34.3 Å². The average molecular weight is 505 g/mol. The molecule has 0 aliphatic carbocycles. The van der Waals surface area contributed by atoms with E-state index in [2.05, 4.69) is 24.3 Å². The molecule has 1 aromatic carbocycles. The number of halogens is 4. The fourth-order valence-corrected chi connectivity index (χ4v) is 5.97. The number of likely N-dealkylation sites (tertiary alicyclic amines) is 1. The SMILES string of the molecule is NCc1cccc(C2CCN(C(=O)c3cc4sc(Cl)cc4s3)CC2)c1.O=C(O)C(F)(F)F. The molecule has 11 heteroatoms. The lowest BCUT2D eigenvalue weighted by Crippen LogP contribution is -2.37. The van der Waals surface area contributed by atoms with Crippen LogP contribution in [0.2, 0.25) is 4.34 Å². The van der Waals surface area contributed by atoms with Crippen molar-refractivity contribution in [2.75, 3.05) is 13.1 Å². The van der Waals surface area contributed by atoms with E-state index in [4.69, 9.17) is 27.2 Å². The number of carboxylic acid groups (broad SMARTS) is 1. The molecule has 3 heterocycles. The van der Waals surface area contributed by atoms with E-state index >= 15 is 0 Å². The Bertz CT molecular complexity index is 1070. The van der Waals surface area contributed by atoms with Gasteiger partial charge in [-0.3, -0.25) is 4.79 Å². The van der Waals surface area contributed by atoms with Crippen LogP contribution in [0.5, 0.6) is 0 Å². The van der Waals surface area contributed by atoms with Crippen LogP contribution in [0.15, 0.2) is 36.4 Å². The van der Waals surface area contributed by atoms with Crippen LogP contribution in [0.4, 0.5) is 13.2 Å². The summed E-state index contributed by atoms with van der Waals surface area (Å²) < 4.78 is 34.7. The number of benzene rings is 1. The first-order valence-corrected chi connectivity index (χ1v) is 11.7. The van der Waals surface area contributed by atoms with Crippen molar-refractivity contribution in [1.29, 1.82) is 0 Å². The Morgan fingerprint density at radius 3 is 2.31 bits per heavy atom. The number of carboxylic acids is 1. The number of rotatable bonds is 3. The molecule has 0 atom stereocenters. The van der Waals surface area contributed by atoms with Crippen molar-refractivity contribution in [2.45, 2.75) is 31.5 Å². The first-order chi connectivity index (χ1) is 15.1. The summed E-state index contributed by atoms with van der Waals surface area (Å²) in [4.78, 5) is 24.5. The molecule has 1 saturated heterocycles. The summed E-state index contributed by atoms with van der Waals surface area (Å²) in [7, 11) is 0. The zero-order chi connectivity index (χ0) is 23.5. The van der Waals surface area contributed by atoms with Crippen LogP contribution in [0.25, 0.3) is 9.40 Å². The minimum absolute atomic E-state index is 0.152. The normalized spacial score (nSPS) is 14.8. The van der Waals surface area contributed by atoms with Crippen LogP contribution < -0.4 is 5.73 Å². The molecule has 4 rings (SSSR count). The molecule has 0 unspecified atom stereocenters. The van der Waals surface area contributed by atoms with E-state index in [9.17, 15) is 18.0 Å². The standard InChI is InChI=1S/C19H19ClN2OS2.C2HF3O2/c20-18-10-16-15(25-18)9-17(24-16)19(23)22-6-4-13(5-7-22)14-3-1-2-12(8-14)11-21;3-2(4,5)1(6)7/h1-3,8-10,13H,4-7,11,21H2;(H,6,7). The van der Waals surface area contributed by atoms with Crippen LogP contribution in [0, 0.1) is 0 Å². The van der Waals surface area contributed by atoms with Crippen LogP contribution in [0.1, 0.15) is 39.6 Å². The summed E-state index contributed by atoms with van der Waals surface area (Å²) in [6.07, 6.45) is -3.07. The number of amides is 1. The van der Waals surface area contributed by atoms with Gasteiger partial charge in [0, 0.05) is 29.0 Å². The summed E-state index contributed by atoms with van der Waals surface area (Å²) in [6.45, 7) is 2.19. The van der Waals surface area contributed by atoms with Gasteiger partial charge in [0.05, 0.1) is 9.21 Å². The largest absolute Gasteiger partial charge is 0.490 e. The molecule has 1 fully saturated rings. The number of carbonyl (C=O) groups is 2. The molecule has 1 aliphatic heterocycles. The van der Waals surface area contributed by atoms with Gasteiger partial charge in [-0.2, -0.15) is 13.2 Å². The van der Waals surface area contributed by atoms with Crippen LogP contribution in [0.3, 0.4) is 0 Å². The van der Waals surface area contributed by atoms with Gasteiger partial charge in [-0.1, -0.05) is 35.9 Å². The predicted molar refractivity (Wildman–Crippen MR) is 121 cm³/mol. The van der Waals surface area contributed by atoms with E-state index in [0.717, 1.165) is 44.5 Å². The van der Waals surface area contributed by atoms with Gasteiger partial charge in [-0.05, 0) is 42.0 Å². The Morgan fingerprint density at radius 1 is 1.12 bits per heavy atom. The first kappa shape index (κ1) is 24.5. The fraction of sp³-hybridized carbons (Fsp3) is 0.333. The number of alkyl halides is 3. The lowest BCUT2D eigenvalue weighted by molar-refractivity contribution is -0.192. The molecule has 32 heavy (non-hydrogen) atoms. The highest BCUT2D eigenvalue weighted by molar-refractivity contribution is 7.30. The third kappa shape index (κ3) is 6.00. The van der Waals surface area contributed by atoms with E-state index in [1.165, 1.54) is 22.5 Å². The van der Waals surface area contributed by atoms with Gasteiger partial charge >= 0.3 is 12.1 Å². The average Bonchev–Trinajstić information content (AvgIpc) is 3.30. The van der Waals surface area contributed by atoms with Gasteiger partial charge in [0.1, 0.15) is 0 Å². The fourth-order valence-electron chi connectivity index (χ4n) is 3.46. The van der Waals surface area contributed by atoms with Gasteiger partial charge in [0.25, 0.3) is 5.91 Å². The first-order valence-electron chi connectivity index (χ1n) is 9.65. The number of thiophene rings is 2. The minimum atomic E-state index is -5.08. The quantitative estimate of drug-likeness (QED) is 0.477. The number of nitrogens with two attached hydrogens (primary N) is 1. The van der Waals surface area contributed by atoms with Crippen LogP contribution in [-0.4, -0.2) is 41.1 Å². The summed E-state index contributed by atoms with van der Waals surface area (Å²) in [5.41, 5.74) is 8.27. The number of nitrogens with zero attached hydrogens (tertiary/aromatic N) is 1. The summed E-state index contributed by atoms with van der Waals surface area (Å²) in [6, 6.07) is 12.5. The van der Waals surface area contributed by atoms with Gasteiger partial charge in [-0.25, -0.2) is 4.79 Å². The Kier molecular flexibility index (Phi) is 7.81. The molecule has 3 aromatic rings. The van der Waals surface area contributed by atoms with E-state index in [1.807, 2.05) is 17.0 Å². The third-order valence-corrected chi connectivity index (χ3v) is 7.48. The van der Waals surface area contributed by atoms with Crippen molar-refractivity contribution in [3.05, 3.63) is 56.7 Å². The molecule has 2 aromatic heterocycles. The summed E-state index contributed by atoms with van der Waals surface area (Å²) in [5.74, 6) is -2.09. The third-order valence-electron chi connectivity index (χ3n) is 5.07. The smallest absolute Gasteiger partial charge is 0.475 e. The molecular weight excluding hydrogens is 485 g/mol. The van der Waals surface area contributed by atoms with Crippen molar-refractivity contribution in [2.24, 2.45) is 5.73 Å². The Hall–Kier alpha value is -2.14. The maximum absolute atomic E-state index is 12.8. The lowest BCUT2D eigenvalue weighted by atomic mass is 9.88. The highest BCUT2D eigenvalue weighted by atomic mass is 35.5. The maximum atomic E-state index is 12.8. The van der Waals surface area contributed by atoms with Crippen LogP contribution in [-0.2, 0) is 11.3 Å². The zero-order valence-corrected chi connectivity index (χ0v) is 19.1. The molecule has 172 valence electrons. The Balaban J connectivity index is 0.000000360. The van der Waals surface area contributed by atoms with Gasteiger partial charge in [0.2, 0.25) is 0 Å².